The second-order valence-electron chi connectivity index (χ2n) is 4.78. The molecule has 4 heteroatoms. The SMILES string of the molecule is CCC(Nc1ccc(F)c(NC(C)=O)c1)C(C)C. The molecule has 1 aromatic carbocycles. The lowest BCUT2D eigenvalue weighted by atomic mass is 10.0. The summed E-state index contributed by atoms with van der Waals surface area (Å²) in [7, 11) is 0. The summed E-state index contributed by atoms with van der Waals surface area (Å²) in [6, 6.07) is 5.01. The molecule has 0 aliphatic carbocycles. The molecule has 0 aliphatic rings. The Bertz CT molecular complexity index is 418. The molecule has 0 heterocycles. The predicted molar refractivity (Wildman–Crippen MR) is 73.2 cm³/mol. The minimum absolute atomic E-state index is 0.214. The summed E-state index contributed by atoms with van der Waals surface area (Å²) in [5.74, 6) is -0.209. The topological polar surface area (TPSA) is 41.1 Å². The lowest BCUT2D eigenvalue weighted by molar-refractivity contribution is -0.114. The van der Waals surface area contributed by atoms with Crippen LogP contribution in [0.1, 0.15) is 34.1 Å². The second-order valence-corrected chi connectivity index (χ2v) is 4.78. The first-order chi connectivity index (χ1) is 8.43. The van der Waals surface area contributed by atoms with Gasteiger partial charge in [0.1, 0.15) is 5.82 Å². The van der Waals surface area contributed by atoms with E-state index in [0.29, 0.717) is 12.0 Å². The number of rotatable bonds is 5. The Morgan fingerprint density at radius 1 is 1.39 bits per heavy atom. The van der Waals surface area contributed by atoms with E-state index >= 15 is 0 Å². The zero-order valence-electron chi connectivity index (χ0n) is 11.4. The van der Waals surface area contributed by atoms with Crippen molar-refractivity contribution >= 4 is 17.3 Å². The van der Waals surface area contributed by atoms with Gasteiger partial charge in [-0.25, -0.2) is 4.39 Å². The molecule has 1 atom stereocenters. The summed E-state index contributed by atoms with van der Waals surface area (Å²) >= 11 is 0. The van der Waals surface area contributed by atoms with Crippen molar-refractivity contribution in [1.29, 1.82) is 0 Å². The van der Waals surface area contributed by atoms with Crippen LogP contribution in [-0.4, -0.2) is 11.9 Å². The van der Waals surface area contributed by atoms with Gasteiger partial charge in [-0.05, 0) is 30.5 Å². The number of anilines is 2. The normalized spacial score (nSPS) is 12.3. The van der Waals surface area contributed by atoms with E-state index in [0.717, 1.165) is 12.1 Å². The van der Waals surface area contributed by atoms with Crippen molar-refractivity contribution < 1.29 is 9.18 Å². The number of nitrogens with one attached hydrogen (secondary N) is 2. The van der Waals surface area contributed by atoms with Gasteiger partial charge in [-0.15, -0.1) is 0 Å². The maximum atomic E-state index is 13.5. The summed E-state index contributed by atoms with van der Waals surface area (Å²) in [5, 5.41) is 5.83. The van der Waals surface area contributed by atoms with Crippen molar-refractivity contribution in [3.05, 3.63) is 24.0 Å². The molecule has 1 aromatic rings. The minimum Gasteiger partial charge on any atom is -0.382 e. The lowest BCUT2D eigenvalue weighted by Gasteiger charge is -2.22. The minimum atomic E-state index is -0.423. The molecule has 0 saturated heterocycles. The molecule has 18 heavy (non-hydrogen) atoms. The monoisotopic (exact) mass is 252 g/mol. The van der Waals surface area contributed by atoms with Crippen molar-refractivity contribution in [3.63, 3.8) is 0 Å². The molecule has 1 unspecified atom stereocenters. The van der Waals surface area contributed by atoms with Crippen LogP contribution in [0.5, 0.6) is 0 Å². The molecule has 0 saturated carbocycles. The van der Waals surface area contributed by atoms with Crippen LogP contribution in [0, 0.1) is 11.7 Å². The van der Waals surface area contributed by atoms with Crippen LogP contribution >= 0.6 is 0 Å². The van der Waals surface area contributed by atoms with Crippen LogP contribution in [0.25, 0.3) is 0 Å². The summed E-state index contributed by atoms with van der Waals surface area (Å²) in [6.45, 7) is 7.75. The Morgan fingerprint density at radius 2 is 2.06 bits per heavy atom. The molecule has 100 valence electrons. The number of carbonyl (C=O) groups excluding carboxylic acids is 1. The molecule has 0 fully saturated rings. The fraction of sp³-hybridized carbons (Fsp3) is 0.500. The highest BCUT2D eigenvalue weighted by atomic mass is 19.1. The summed E-state index contributed by atoms with van der Waals surface area (Å²) < 4.78 is 13.5. The molecular formula is C14H21FN2O. The largest absolute Gasteiger partial charge is 0.382 e. The van der Waals surface area contributed by atoms with Gasteiger partial charge in [-0.3, -0.25) is 4.79 Å². The van der Waals surface area contributed by atoms with Crippen molar-refractivity contribution in [2.24, 2.45) is 5.92 Å². The van der Waals surface area contributed by atoms with Crippen LogP contribution in [0.3, 0.4) is 0 Å². The molecule has 0 aromatic heterocycles. The molecule has 3 nitrogen and oxygen atoms in total. The zero-order chi connectivity index (χ0) is 13.7. The Hall–Kier alpha value is -1.58. The van der Waals surface area contributed by atoms with Gasteiger partial charge in [0.2, 0.25) is 5.91 Å². The first-order valence-corrected chi connectivity index (χ1v) is 6.27. The maximum absolute atomic E-state index is 13.5. The highest BCUT2D eigenvalue weighted by molar-refractivity contribution is 5.89. The summed E-state index contributed by atoms with van der Waals surface area (Å²) in [6.07, 6.45) is 0.991. The standard InChI is InChI=1S/C14H21FN2O/c1-5-13(9(2)3)17-11-6-7-12(15)14(8-11)16-10(4)18/h6-9,13,17H,5H2,1-4H3,(H,16,18). The van der Waals surface area contributed by atoms with Gasteiger partial charge in [0.25, 0.3) is 0 Å². The predicted octanol–water partition coefficient (Wildman–Crippen LogP) is 3.63. The Kier molecular flexibility index (Phi) is 5.13. The Morgan fingerprint density at radius 3 is 2.56 bits per heavy atom. The quantitative estimate of drug-likeness (QED) is 0.840. The van der Waals surface area contributed by atoms with E-state index in [4.69, 9.17) is 0 Å². The van der Waals surface area contributed by atoms with Gasteiger partial charge in [0, 0.05) is 18.7 Å². The van der Waals surface area contributed by atoms with Gasteiger partial charge >= 0.3 is 0 Å². The fourth-order valence-corrected chi connectivity index (χ4v) is 1.85. The number of halogens is 1. The zero-order valence-corrected chi connectivity index (χ0v) is 11.4. The number of benzene rings is 1. The van der Waals surface area contributed by atoms with Gasteiger partial charge in [-0.2, -0.15) is 0 Å². The van der Waals surface area contributed by atoms with E-state index in [1.807, 2.05) is 0 Å². The third-order valence-electron chi connectivity index (χ3n) is 2.87. The number of amides is 1. The molecule has 1 amide bonds. The molecule has 0 radical (unpaired) electrons. The fourth-order valence-electron chi connectivity index (χ4n) is 1.85. The second kappa shape index (κ2) is 6.38. The Labute approximate surface area is 108 Å². The molecule has 0 spiro atoms. The van der Waals surface area contributed by atoms with Gasteiger partial charge < -0.3 is 10.6 Å². The highest BCUT2D eigenvalue weighted by Crippen LogP contribution is 2.22. The van der Waals surface area contributed by atoms with Crippen molar-refractivity contribution in [1.82, 2.24) is 0 Å². The van der Waals surface area contributed by atoms with E-state index in [1.54, 1.807) is 12.1 Å². The molecular weight excluding hydrogens is 231 g/mol. The number of carbonyl (C=O) groups is 1. The van der Waals surface area contributed by atoms with E-state index in [-0.39, 0.29) is 11.6 Å². The van der Waals surface area contributed by atoms with Crippen LogP contribution in [0.15, 0.2) is 18.2 Å². The average Bonchev–Trinajstić information content (AvgIpc) is 2.29. The van der Waals surface area contributed by atoms with Crippen molar-refractivity contribution in [2.45, 2.75) is 40.2 Å². The van der Waals surface area contributed by atoms with Crippen LogP contribution < -0.4 is 10.6 Å². The van der Waals surface area contributed by atoms with E-state index < -0.39 is 5.82 Å². The third-order valence-corrected chi connectivity index (χ3v) is 2.87. The molecule has 0 bridgehead atoms. The van der Waals surface area contributed by atoms with Crippen molar-refractivity contribution in [2.75, 3.05) is 10.6 Å². The van der Waals surface area contributed by atoms with Gasteiger partial charge in [0.15, 0.2) is 0 Å². The molecule has 2 N–H and O–H groups in total. The number of hydrogen-bond acceptors (Lipinski definition) is 2. The summed E-state index contributed by atoms with van der Waals surface area (Å²) in [5.41, 5.74) is 1.03. The average molecular weight is 252 g/mol. The van der Waals surface area contributed by atoms with Gasteiger partial charge in [-0.1, -0.05) is 20.8 Å². The maximum Gasteiger partial charge on any atom is 0.221 e. The molecule has 0 aliphatic heterocycles. The van der Waals surface area contributed by atoms with E-state index in [9.17, 15) is 9.18 Å². The first kappa shape index (κ1) is 14.5. The smallest absolute Gasteiger partial charge is 0.221 e. The van der Waals surface area contributed by atoms with Crippen LogP contribution in [-0.2, 0) is 4.79 Å². The van der Waals surface area contributed by atoms with Crippen LogP contribution in [0.2, 0.25) is 0 Å². The summed E-state index contributed by atoms with van der Waals surface area (Å²) in [4.78, 5) is 11.0. The van der Waals surface area contributed by atoms with Crippen molar-refractivity contribution in [3.8, 4) is 0 Å². The first-order valence-electron chi connectivity index (χ1n) is 6.27. The lowest BCUT2D eigenvalue weighted by Crippen LogP contribution is -2.24. The third kappa shape index (κ3) is 4.02. The van der Waals surface area contributed by atoms with Gasteiger partial charge in [0.05, 0.1) is 5.69 Å². The van der Waals surface area contributed by atoms with E-state index in [2.05, 4.69) is 31.4 Å². The Balaban J connectivity index is 2.87. The highest BCUT2D eigenvalue weighted by Gasteiger charge is 2.12. The van der Waals surface area contributed by atoms with Crippen LogP contribution in [0.4, 0.5) is 15.8 Å². The van der Waals surface area contributed by atoms with E-state index in [1.165, 1.54) is 13.0 Å². The molecule has 1 rings (SSSR count). The number of hydrogen-bond donors (Lipinski definition) is 2.